The zero-order valence-electron chi connectivity index (χ0n) is 14.9. The van der Waals surface area contributed by atoms with E-state index in [9.17, 15) is 13.2 Å². The lowest BCUT2D eigenvalue weighted by Crippen LogP contribution is -2.31. The van der Waals surface area contributed by atoms with E-state index in [1.807, 2.05) is 19.1 Å². The number of nitrogens with zero attached hydrogens (tertiary/aromatic N) is 1. The number of ether oxygens (including phenoxy) is 2. The van der Waals surface area contributed by atoms with Crippen LogP contribution in [-0.4, -0.2) is 39.6 Å². The average Bonchev–Trinajstić information content (AvgIpc) is 3.13. The molecule has 1 aliphatic heterocycles. The van der Waals surface area contributed by atoms with Crippen LogP contribution < -0.4 is 14.2 Å². The molecule has 2 aromatic rings. The smallest absolute Gasteiger partial charge is 0.255 e. The van der Waals surface area contributed by atoms with E-state index in [-0.39, 0.29) is 28.2 Å². The SMILES string of the molecule is CCN(Cc1ccc2c(c1)OCO2)C(=O)c1cc(S(=O)(=O)NC)ccc1Cl. The number of fused-ring (bicyclic) bond motifs is 1. The van der Waals surface area contributed by atoms with Crippen molar-refractivity contribution in [2.75, 3.05) is 20.4 Å². The second kappa shape index (κ2) is 7.75. The Labute approximate surface area is 162 Å². The zero-order chi connectivity index (χ0) is 19.6. The van der Waals surface area contributed by atoms with Crippen LogP contribution in [0.3, 0.4) is 0 Å². The molecule has 1 amide bonds. The summed E-state index contributed by atoms with van der Waals surface area (Å²) in [6, 6.07) is 9.53. The summed E-state index contributed by atoms with van der Waals surface area (Å²) in [4.78, 5) is 14.5. The van der Waals surface area contributed by atoms with E-state index in [4.69, 9.17) is 21.1 Å². The van der Waals surface area contributed by atoms with Crippen LogP contribution in [-0.2, 0) is 16.6 Å². The summed E-state index contributed by atoms with van der Waals surface area (Å²) in [5, 5.41) is 0.194. The molecule has 7 nitrogen and oxygen atoms in total. The fourth-order valence-electron chi connectivity index (χ4n) is 2.71. The Bertz CT molecular complexity index is 978. The van der Waals surface area contributed by atoms with Crippen molar-refractivity contribution < 1.29 is 22.7 Å². The minimum absolute atomic E-state index is 0.0168. The van der Waals surface area contributed by atoms with Crippen LogP contribution in [0.25, 0.3) is 0 Å². The molecule has 0 saturated heterocycles. The summed E-state index contributed by atoms with van der Waals surface area (Å²) in [5.41, 5.74) is 1.00. The molecular formula is C18H19ClN2O5S. The van der Waals surface area contributed by atoms with E-state index in [1.54, 1.807) is 11.0 Å². The highest BCUT2D eigenvalue weighted by atomic mass is 35.5. The minimum atomic E-state index is -3.68. The van der Waals surface area contributed by atoms with Gasteiger partial charge in [0.25, 0.3) is 5.91 Å². The number of hydrogen-bond acceptors (Lipinski definition) is 5. The lowest BCUT2D eigenvalue weighted by Gasteiger charge is -2.22. The zero-order valence-corrected chi connectivity index (χ0v) is 16.4. The van der Waals surface area contributed by atoms with E-state index in [2.05, 4.69) is 4.72 Å². The summed E-state index contributed by atoms with van der Waals surface area (Å²) < 4.78 is 36.9. The number of benzene rings is 2. The van der Waals surface area contributed by atoms with Gasteiger partial charge in [0.1, 0.15) is 0 Å². The maximum Gasteiger partial charge on any atom is 0.255 e. The van der Waals surface area contributed by atoms with E-state index < -0.39 is 10.0 Å². The fraction of sp³-hybridized carbons (Fsp3) is 0.278. The Balaban J connectivity index is 1.88. The lowest BCUT2D eigenvalue weighted by molar-refractivity contribution is 0.0752. The molecule has 0 atom stereocenters. The maximum absolute atomic E-state index is 13.0. The third-order valence-electron chi connectivity index (χ3n) is 4.23. The van der Waals surface area contributed by atoms with Gasteiger partial charge in [0.15, 0.2) is 11.5 Å². The van der Waals surface area contributed by atoms with Crippen LogP contribution in [0, 0.1) is 0 Å². The first-order valence-electron chi connectivity index (χ1n) is 8.26. The van der Waals surface area contributed by atoms with Gasteiger partial charge in [0.2, 0.25) is 16.8 Å². The number of nitrogens with one attached hydrogen (secondary N) is 1. The van der Waals surface area contributed by atoms with Crippen LogP contribution in [0.1, 0.15) is 22.8 Å². The molecule has 27 heavy (non-hydrogen) atoms. The van der Waals surface area contributed by atoms with Crippen molar-refractivity contribution >= 4 is 27.5 Å². The molecule has 9 heteroatoms. The number of sulfonamides is 1. The van der Waals surface area contributed by atoms with Crippen molar-refractivity contribution in [3.05, 3.63) is 52.5 Å². The van der Waals surface area contributed by atoms with Gasteiger partial charge in [-0.1, -0.05) is 17.7 Å². The van der Waals surface area contributed by atoms with Gasteiger partial charge in [-0.3, -0.25) is 4.79 Å². The molecular weight excluding hydrogens is 392 g/mol. The molecule has 0 saturated carbocycles. The summed E-state index contributed by atoms with van der Waals surface area (Å²) >= 11 is 6.17. The number of hydrogen-bond donors (Lipinski definition) is 1. The fourth-order valence-corrected chi connectivity index (χ4v) is 3.66. The van der Waals surface area contributed by atoms with Crippen molar-refractivity contribution in [3.8, 4) is 11.5 Å². The predicted octanol–water partition coefficient (Wildman–Crippen LogP) is 2.64. The monoisotopic (exact) mass is 410 g/mol. The molecule has 1 N–H and O–H groups in total. The topological polar surface area (TPSA) is 84.9 Å². The van der Waals surface area contributed by atoms with E-state index in [0.29, 0.717) is 24.6 Å². The quantitative estimate of drug-likeness (QED) is 0.791. The Morgan fingerprint density at radius 2 is 1.93 bits per heavy atom. The highest BCUT2D eigenvalue weighted by Gasteiger charge is 2.22. The molecule has 0 aliphatic carbocycles. The Morgan fingerprint density at radius 1 is 1.19 bits per heavy atom. The molecule has 144 valence electrons. The second-order valence-corrected chi connectivity index (χ2v) is 8.15. The maximum atomic E-state index is 13.0. The van der Waals surface area contributed by atoms with Crippen molar-refractivity contribution in [2.45, 2.75) is 18.4 Å². The molecule has 0 spiro atoms. The van der Waals surface area contributed by atoms with Crippen LogP contribution >= 0.6 is 11.6 Å². The molecule has 0 bridgehead atoms. The summed E-state index contributed by atoms with van der Waals surface area (Å²) in [6.07, 6.45) is 0. The van der Waals surface area contributed by atoms with Crippen molar-refractivity contribution in [1.82, 2.24) is 9.62 Å². The van der Waals surface area contributed by atoms with Gasteiger partial charge in [-0.25, -0.2) is 13.1 Å². The predicted molar refractivity (Wildman–Crippen MR) is 101 cm³/mol. The first-order valence-corrected chi connectivity index (χ1v) is 10.1. The van der Waals surface area contributed by atoms with Gasteiger partial charge in [0.05, 0.1) is 15.5 Å². The van der Waals surface area contributed by atoms with Gasteiger partial charge in [0, 0.05) is 13.1 Å². The van der Waals surface area contributed by atoms with Gasteiger partial charge in [-0.2, -0.15) is 0 Å². The van der Waals surface area contributed by atoms with Gasteiger partial charge < -0.3 is 14.4 Å². The molecule has 1 heterocycles. The summed E-state index contributed by atoms with van der Waals surface area (Å²) in [6.45, 7) is 2.77. The highest BCUT2D eigenvalue weighted by molar-refractivity contribution is 7.89. The molecule has 2 aromatic carbocycles. The molecule has 0 fully saturated rings. The molecule has 0 unspecified atom stereocenters. The lowest BCUT2D eigenvalue weighted by atomic mass is 10.1. The van der Waals surface area contributed by atoms with Gasteiger partial charge in [-0.15, -0.1) is 0 Å². The summed E-state index contributed by atoms with van der Waals surface area (Å²) in [7, 11) is -2.37. The van der Waals surface area contributed by atoms with Crippen molar-refractivity contribution in [1.29, 1.82) is 0 Å². The first-order chi connectivity index (χ1) is 12.9. The molecule has 1 aliphatic rings. The normalized spacial score (nSPS) is 12.9. The largest absolute Gasteiger partial charge is 0.454 e. The molecule has 0 radical (unpaired) electrons. The number of halogens is 1. The van der Waals surface area contributed by atoms with Crippen LogP contribution in [0.2, 0.25) is 5.02 Å². The van der Waals surface area contributed by atoms with Crippen molar-refractivity contribution in [3.63, 3.8) is 0 Å². The summed E-state index contributed by atoms with van der Waals surface area (Å²) in [5.74, 6) is 0.950. The molecule has 3 rings (SSSR count). The number of rotatable bonds is 6. The Hall–Kier alpha value is -2.29. The number of amides is 1. The average molecular weight is 411 g/mol. The van der Waals surface area contributed by atoms with E-state index >= 15 is 0 Å². The highest BCUT2D eigenvalue weighted by Crippen LogP contribution is 2.33. The van der Waals surface area contributed by atoms with E-state index in [1.165, 1.54) is 25.2 Å². The Kier molecular flexibility index (Phi) is 5.59. The van der Waals surface area contributed by atoms with Gasteiger partial charge >= 0.3 is 0 Å². The van der Waals surface area contributed by atoms with Crippen molar-refractivity contribution in [2.24, 2.45) is 0 Å². The third kappa shape index (κ3) is 4.02. The standard InChI is InChI=1S/C18H19ClN2O5S/c1-3-21(10-12-4-7-16-17(8-12)26-11-25-16)18(22)14-9-13(5-6-15(14)19)27(23,24)20-2/h4-9,20H,3,10-11H2,1-2H3. The van der Waals surface area contributed by atoms with Crippen LogP contribution in [0.5, 0.6) is 11.5 Å². The van der Waals surface area contributed by atoms with Crippen LogP contribution in [0.15, 0.2) is 41.3 Å². The number of carbonyl (C=O) groups excluding carboxylic acids is 1. The Morgan fingerprint density at radius 3 is 2.63 bits per heavy atom. The first kappa shape index (κ1) is 19.5. The van der Waals surface area contributed by atoms with Crippen LogP contribution in [0.4, 0.5) is 0 Å². The van der Waals surface area contributed by atoms with E-state index in [0.717, 1.165) is 5.56 Å². The van der Waals surface area contributed by atoms with Gasteiger partial charge in [-0.05, 0) is 49.9 Å². The minimum Gasteiger partial charge on any atom is -0.454 e. The number of carbonyl (C=O) groups is 1. The molecule has 0 aromatic heterocycles. The third-order valence-corrected chi connectivity index (χ3v) is 5.97. The second-order valence-electron chi connectivity index (χ2n) is 5.86.